The number of carbonyl (C=O) groups excluding carboxylic acids is 2. The lowest BCUT2D eigenvalue weighted by molar-refractivity contribution is -0.140. The normalized spacial score (nSPS) is 10.2. The Morgan fingerprint density at radius 2 is 2.00 bits per heavy atom. The molecule has 0 aliphatic rings. The number of aromatic nitrogens is 1. The Morgan fingerprint density at radius 1 is 1.26 bits per heavy atom. The van der Waals surface area contributed by atoms with Gasteiger partial charge in [-0.3, -0.25) is 4.79 Å². The zero-order valence-electron chi connectivity index (χ0n) is 13.0. The van der Waals surface area contributed by atoms with Crippen LogP contribution in [0.4, 0.5) is 5.13 Å². The van der Waals surface area contributed by atoms with Gasteiger partial charge in [-0.15, -0.1) is 0 Å². The third kappa shape index (κ3) is 5.07. The highest BCUT2D eigenvalue weighted by Gasteiger charge is 2.15. The van der Waals surface area contributed by atoms with Crippen molar-refractivity contribution in [3.63, 3.8) is 0 Å². The summed E-state index contributed by atoms with van der Waals surface area (Å²) in [4.78, 5) is 29.7. The second kappa shape index (κ2) is 8.28. The molecule has 0 radical (unpaired) electrons. The maximum Gasteiger partial charge on any atom is 0.355 e. The number of anilines is 1. The monoisotopic (exact) mass is 334 g/mol. The van der Waals surface area contributed by atoms with Crippen molar-refractivity contribution in [3.8, 4) is 5.75 Å². The summed E-state index contributed by atoms with van der Waals surface area (Å²) in [5.74, 6) is -0.161. The van der Waals surface area contributed by atoms with Crippen molar-refractivity contribution in [2.45, 2.75) is 12.8 Å². The van der Waals surface area contributed by atoms with Crippen molar-refractivity contribution >= 4 is 28.4 Å². The minimum absolute atomic E-state index is 0.232. The number of para-hydroxylation sites is 1. The Kier molecular flexibility index (Phi) is 6.10. The van der Waals surface area contributed by atoms with Crippen LogP contribution in [0.2, 0.25) is 0 Å². The summed E-state index contributed by atoms with van der Waals surface area (Å²) >= 11 is 1.26. The van der Waals surface area contributed by atoms with Gasteiger partial charge in [0.05, 0.1) is 13.3 Å². The molecule has 1 aromatic carbocycles. The number of esters is 2. The molecule has 23 heavy (non-hydrogen) atoms. The minimum atomic E-state index is -0.428. The van der Waals surface area contributed by atoms with Crippen LogP contribution in [0.3, 0.4) is 0 Å². The molecule has 6 nitrogen and oxygen atoms in total. The van der Waals surface area contributed by atoms with Crippen LogP contribution in [0.5, 0.6) is 5.75 Å². The van der Waals surface area contributed by atoms with Gasteiger partial charge in [0, 0.05) is 20.0 Å². The van der Waals surface area contributed by atoms with Crippen molar-refractivity contribution < 1.29 is 19.1 Å². The van der Waals surface area contributed by atoms with Crippen molar-refractivity contribution in [1.82, 2.24) is 4.98 Å². The van der Waals surface area contributed by atoms with Gasteiger partial charge in [0.2, 0.25) is 0 Å². The third-order valence-corrected chi connectivity index (χ3v) is 4.17. The van der Waals surface area contributed by atoms with Crippen LogP contribution < -0.4 is 9.64 Å². The van der Waals surface area contributed by atoms with Crippen molar-refractivity contribution in [1.29, 1.82) is 0 Å². The molecule has 0 spiro atoms. The SMILES string of the molecule is COC(=O)CCCN(C)c1ncc(C(=O)Oc2ccccc2)s1. The molecule has 0 saturated carbocycles. The fourth-order valence-corrected chi connectivity index (χ4v) is 2.62. The fraction of sp³-hybridized carbons (Fsp3) is 0.312. The predicted octanol–water partition coefficient (Wildman–Crippen LogP) is 2.75. The van der Waals surface area contributed by atoms with E-state index < -0.39 is 5.97 Å². The quantitative estimate of drug-likeness (QED) is 0.573. The van der Waals surface area contributed by atoms with E-state index in [4.69, 9.17) is 4.74 Å². The molecule has 1 heterocycles. The van der Waals surface area contributed by atoms with Gasteiger partial charge in [0.25, 0.3) is 0 Å². The van der Waals surface area contributed by atoms with Gasteiger partial charge in [0.15, 0.2) is 5.13 Å². The van der Waals surface area contributed by atoms with Crippen molar-refractivity contribution in [3.05, 3.63) is 41.4 Å². The van der Waals surface area contributed by atoms with E-state index in [1.54, 1.807) is 24.3 Å². The highest BCUT2D eigenvalue weighted by Crippen LogP contribution is 2.23. The Labute approximate surface area is 138 Å². The number of thiazole rings is 1. The van der Waals surface area contributed by atoms with Crippen LogP contribution in [0.1, 0.15) is 22.5 Å². The molecular weight excluding hydrogens is 316 g/mol. The molecule has 2 rings (SSSR count). The van der Waals surface area contributed by atoms with E-state index >= 15 is 0 Å². The zero-order valence-corrected chi connectivity index (χ0v) is 13.8. The molecule has 0 aliphatic carbocycles. The highest BCUT2D eigenvalue weighted by molar-refractivity contribution is 7.17. The summed E-state index contributed by atoms with van der Waals surface area (Å²) in [6.07, 6.45) is 2.52. The van der Waals surface area contributed by atoms with Crippen LogP contribution >= 0.6 is 11.3 Å². The molecule has 0 bridgehead atoms. The highest BCUT2D eigenvalue weighted by atomic mass is 32.1. The number of benzene rings is 1. The Bertz CT molecular complexity index is 657. The van der Waals surface area contributed by atoms with Crippen molar-refractivity contribution in [2.24, 2.45) is 0 Å². The first-order valence-corrected chi connectivity index (χ1v) is 7.93. The molecular formula is C16H18N2O4S. The molecule has 2 aromatic rings. The predicted molar refractivity (Wildman–Crippen MR) is 88.0 cm³/mol. The average Bonchev–Trinajstić information content (AvgIpc) is 3.05. The van der Waals surface area contributed by atoms with Crippen LogP contribution in [-0.2, 0) is 9.53 Å². The first kappa shape index (κ1) is 17.0. The fourth-order valence-electron chi connectivity index (χ4n) is 1.84. The van der Waals surface area contributed by atoms with E-state index in [0.29, 0.717) is 35.1 Å². The number of rotatable bonds is 7. The van der Waals surface area contributed by atoms with E-state index in [1.165, 1.54) is 24.6 Å². The standard InChI is InChI=1S/C16H18N2O4S/c1-18(10-6-9-14(19)21-2)16-17-11-13(23-16)15(20)22-12-7-4-3-5-8-12/h3-5,7-8,11H,6,9-10H2,1-2H3. The van der Waals surface area contributed by atoms with Crippen molar-refractivity contribution in [2.75, 3.05) is 25.6 Å². The average molecular weight is 334 g/mol. The van der Waals surface area contributed by atoms with Gasteiger partial charge in [-0.05, 0) is 18.6 Å². The smallest absolute Gasteiger partial charge is 0.355 e. The molecule has 0 atom stereocenters. The van der Waals surface area contributed by atoms with Gasteiger partial charge in [0.1, 0.15) is 10.6 Å². The molecule has 0 aliphatic heterocycles. The van der Waals surface area contributed by atoms with Gasteiger partial charge >= 0.3 is 11.9 Å². The molecule has 0 saturated heterocycles. The molecule has 1 aromatic heterocycles. The Hall–Kier alpha value is -2.41. The van der Waals surface area contributed by atoms with E-state index in [-0.39, 0.29) is 5.97 Å². The number of methoxy groups -OCH3 is 1. The van der Waals surface area contributed by atoms with Crippen LogP contribution in [0.25, 0.3) is 0 Å². The summed E-state index contributed by atoms with van der Waals surface area (Å²) < 4.78 is 9.87. The summed E-state index contributed by atoms with van der Waals surface area (Å²) in [5, 5.41) is 0.704. The van der Waals surface area contributed by atoms with Crippen LogP contribution in [0, 0.1) is 0 Å². The molecule has 7 heteroatoms. The topological polar surface area (TPSA) is 68.7 Å². The summed E-state index contributed by atoms with van der Waals surface area (Å²) in [6, 6.07) is 8.90. The first-order valence-electron chi connectivity index (χ1n) is 7.11. The largest absolute Gasteiger partial charge is 0.469 e. The van der Waals surface area contributed by atoms with E-state index in [0.717, 1.165) is 0 Å². The summed E-state index contributed by atoms with van der Waals surface area (Å²) in [6.45, 7) is 0.649. The minimum Gasteiger partial charge on any atom is -0.469 e. The first-order chi connectivity index (χ1) is 11.1. The number of carbonyl (C=O) groups is 2. The molecule has 0 N–H and O–H groups in total. The maximum absolute atomic E-state index is 12.1. The van der Waals surface area contributed by atoms with E-state index in [1.807, 2.05) is 18.0 Å². The molecule has 0 unspecified atom stereocenters. The maximum atomic E-state index is 12.1. The van der Waals surface area contributed by atoms with E-state index in [2.05, 4.69) is 9.72 Å². The lowest BCUT2D eigenvalue weighted by atomic mass is 10.3. The Morgan fingerprint density at radius 3 is 2.70 bits per heavy atom. The van der Waals surface area contributed by atoms with Gasteiger partial charge in [-0.2, -0.15) is 0 Å². The summed E-state index contributed by atoms with van der Waals surface area (Å²) in [7, 11) is 3.24. The second-order valence-electron chi connectivity index (χ2n) is 4.81. The summed E-state index contributed by atoms with van der Waals surface area (Å²) in [5.41, 5.74) is 0. The number of nitrogens with zero attached hydrogens (tertiary/aromatic N) is 2. The second-order valence-corrected chi connectivity index (χ2v) is 5.82. The lowest BCUT2D eigenvalue weighted by Gasteiger charge is -2.14. The number of ether oxygens (including phenoxy) is 2. The van der Waals surface area contributed by atoms with Gasteiger partial charge in [-0.25, -0.2) is 9.78 Å². The zero-order chi connectivity index (χ0) is 16.7. The van der Waals surface area contributed by atoms with Crippen LogP contribution in [0.15, 0.2) is 36.5 Å². The Balaban J connectivity index is 1.89. The molecule has 122 valence electrons. The number of hydrogen-bond donors (Lipinski definition) is 0. The number of hydrogen-bond acceptors (Lipinski definition) is 7. The molecule has 0 amide bonds. The van der Waals surface area contributed by atoms with E-state index in [9.17, 15) is 9.59 Å². The van der Waals surface area contributed by atoms with Crippen LogP contribution in [-0.4, -0.2) is 37.6 Å². The lowest BCUT2D eigenvalue weighted by Crippen LogP contribution is -2.19. The third-order valence-electron chi connectivity index (χ3n) is 3.08. The van der Waals surface area contributed by atoms with Gasteiger partial charge in [-0.1, -0.05) is 29.5 Å². The molecule has 0 fully saturated rings. The van der Waals surface area contributed by atoms with Gasteiger partial charge < -0.3 is 14.4 Å².